The van der Waals surface area contributed by atoms with Gasteiger partial charge in [0.25, 0.3) is 0 Å². The van der Waals surface area contributed by atoms with E-state index in [0.717, 1.165) is 36.1 Å². The first-order chi connectivity index (χ1) is 10.3. The van der Waals surface area contributed by atoms with Crippen LogP contribution < -0.4 is 5.43 Å². The van der Waals surface area contributed by atoms with E-state index in [0.29, 0.717) is 0 Å². The lowest BCUT2D eigenvalue weighted by Crippen LogP contribution is -2.32. The highest BCUT2D eigenvalue weighted by atomic mass is 16.2. The Bertz CT molecular complexity index is 589. The Balaban J connectivity index is 1.87. The van der Waals surface area contributed by atoms with E-state index in [9.17, 15) is 4.79 Å². The summed E-state index contributed by atoms with van der Waals surface area (Å²) >= 11 is 0. The fourth-order valence-electron chi connectivity index (χ4n) is 2.36. The molecule has 0 saturated heterocycles. The Labute approximate surface area is 124 Å². The van der Waals surface area contributed by atoms with Crippen LogP contribution in [-0.2, 0) is 4.79 Å². The van der Waals surface area contributed by atoms with E-state index in [1.807, 2.05) is 60.7 Å². The molecule has 0 unspecified atom stereocenters. The van der Waals surface area contributed by atoms with Crippen LogP contribution in [0.1, 0.15) is 30.4 Å². The Kier molecular flexibility index (Phi) is 4.10. The first kappa shape index (κ1) is 13.6. The zero-order chi connectivity index (χ0) is 14.5. The Hall–Kier alpha value is -2.42. The second-order valence-corrected chi connectivity index (χ2v) is 5.30. The average Bonchev–Trinajstić information content (AvgIpc) is 2.48. The number of hydrogen-bond donors (Lipinski definition) is 1. The minimum Gasteiger partial charge on any atom is -0.273 e. The number of carbonyl (C=O) groups excluding carboxylic acids is 1. The van der Waals surface area contributed by atoms with Crippen LogP contribution in [0.2, 0.25) is 0 Å². The fraction of sp³-hybridized carbons (Fsp3) is 0.222. The molecule has 1 fully saturated rings. The van der Waals surface area contributed by atoms with Gasteiger partial charge in [0.2, 0.25) is 5.91 Å². The predicted octanol–water partition coefficient (Wildman–Crippen LogP) is 3.36. The van der Waals surface area contributed by atoms with E-state index in [1.165, 1.54) is 0 Å². The molecule has 0 heterocycles. The summed E-state index contributed by atoms with van der Waals surface area (Å²) in [4.78, 5) is 12.0. The summed E-state index contributed by atoms with van der Waals surface area (Å²) in [6, 6.07) is 19.8. The number of rotatable bonds is 4. The molecule has 1 N–H and O–H groups in total. The largest absolute Gasteiger partial charge is 0.273 e. The molecule has 0 spiro atoms. The van der Waals surface area contributed by atoms with E-state index >= 15 is 0 Å². The number of benzene rings is 2. The van der Waals surface area contributed by atoms with Gasteiger partial charge in [0, 0.05) is 17.0 Å². The zero-order valence-corrected chi connectivity index (χ0v) is 11.8. The summed E-state index contributed by atoms with van der Waals surface area (Å²) in [5.41, 5.74) is 5.52. The summed E-state index contributed by atoms with van der Waals surface area (Å²) in [6.45, 7) is 0. The van der Waals surface area contributed by atoms with Gasteiger partial charge >= 0.3 is 0 Å². The Morgan fingerprint density at radius 3 is 1.86 bits per heavy atom. The lowest BCUT2D eigenvalue weighted by Gasteiger charge is -2.23. The highest BCUT2D eigenvalue weighted by Crippen LogP contribution is 2.26. The predicted molar refractivity (Wildman–Crippen MR) is 84.0 cm³/mol. The van der Waals surface area contributed by atoms with Gasteiger partial charge < -0.3 is 0 Å². The highest BCUT2D eigenvalue weighted by Gasteiger charge is 2.25. The van der Waals surface area contributed by atoms with Gasteiger partial charge in [0.05, 0.1) is 5.71 Å². The number of hydrogen-bond acceptors (Lipinski definition) is 2. The van der Waals surface area contributed by atoms with E-state index in [-0.39, 0.29) is 11.8 Å². The molecule has 2 aromatic rings. The molecular formula is C18H18N2O. The molecule has 0 aromatic heterocycles. The summed E-state index contributed by atoms with van der Waals surface area (Å²) in [5, 5.41) is 4.38. The lowest BCUT2D eigenvalue weighted by atomic mass is 9.85. The van der Waals surface area contributed by atoms with E-state index in [2.05, 4.69) is 10.5 Å². The van der Waals surface area contributed by atoms with Crippen molar-refractivity contribution >= 4 is 11.6 Å². The van der Waals surface area contributed by atoms with Crippen molar-refractivity contribution in [2.24, 2.45) is 11.0 Å². The third kappa shape index (κ3) is 3.19. The number of nitrogens with zero attached hydrogens (tertiary/aromatic N) is 1. The van der Waals surface area contributed by atoms with Gasteiger partial charge in [-0.1, -0.05) is 67.1 Å². The molecule has 106 valence electrons. The van der Waals surface area contributed by atoms with Crippen LogP contribution in [0.5, 0.6) is 0 Å². The second-order valence-electron chi connectivity index (χ2n) is 5.30. The number of amides is 1. The van der Waals surface area contributed by atoms with E-state index in [4.69, 9.17) is 0 Å². The van der Waals surface area contributed by atoms with Gasteiger partial charge in [-0.2, -0.15) is 5.10 Å². The normalized spacial score (nSPS) is 14.1. The lowest BCUT2D eigenvalue weighted by molar-refractivity contribution is -0.127. The van der Waals surface area contributed by atoms with Crippen LogP contribution in [0.25, 0.3) is 0 Å². The van der Waals surface area contributed by atoms with Crippen LogP contribution in [0.4, 0.5) is 0 Å². The maximum absolute atomic E-state index is 12.0. The molecule has 1 amide bonds. The fourth-order valence-corrected chi connectivity index (χ4v) is 2.36. The number of hydrazone groups is 1. The van der Waals surface area contributed by atoms with Crippen molar-refractivity contribution in [1.82, 2.24) is 5.43 Å². The first-order valence-corrected chi connectivity index (χ1v) is 7.33. The Morgan fingerprint density at radius 2 is 1.43 bits per heavy atom. The smallest absolute Gasteiger partial charge is 0.243 e. The molecular weight excluding hydrogens is 260 g/mol. The van der Waals surface area contributed by atoms with Crippen molar-refractivity contribution in [1.29, 1.82) is 0 Å². The van der Waals surface area contributed by atoms with Crippen LogP contribution >= 0.6 is 0 Å². The topological polar surface area (TPSA) is 41.5 Å². The summed E-state index contributed by atoms with van der Waals surface area (Å²) in [7, 11) is 0. The van der Waals surface area contributed by atoms with Gasteiger partial charge in [-0.05, 0) is 12.8 Å². The number of carbonyl (C=O) groups is 1. The molecule has 0 radical (unpaired) electrons. The minimum absolute atomic E-state index is 0.0330. The van der Waals surface area contributed by atoms with Crippen molar-refractivity contribution in [2.45, 2.75) is 19.3 Å². The maximum Gasteiger partial charge on any atom is 0.243 e. The SMILES string of the molecule is O=C(NN=C(c1ccccc1)c1ccccc1)C1CCC1. The van der Waals surface area contributed by atoms with Gasteiger partial charge in [-0.25, -0.2) is 5.43 Å². The summed E-state index contributed by atoms with van der Waals surface area (Å²) in [6.07, 6.45) is 3.10. The van der Waals surface area contributed by atoms with E-state index in [1.54, 1.807) is 0 Å². The molecule has 3 heteroatoms. The minimum atomic E-state index is 0.0330. The summed E-state index contributed by atoms with van der Waals surface area (Å²) in [5.74, 6) is 0.173. The molecule has 3 rings (SSSR count). The average molecular weight is 278 g/mol. The molecule has 3 nitrogen and oxygen atoms in total. The zero-order valence-electron chi connectivity index (χ0n) is 11.8. The molecule has 21 heavy (non-hydrogen) atoms. The third-order valence-electron chi connectivity index (χ3n) is 3.85. The monoisotopic (exact) mass is 278 g/mol. The van der Waals surface area contributed by atoms with Crippen LogP contribution in [-0.4, -0.2) is 11.6 Å². The molecule has 0 atom stereocenters. The molecule has 1 saturated carbocycles. The van der Waals surface area contributed by atoms with Crippen LogP contribution in [0, 0.1) is 5.92 Å². The summed E-state index contributed by atoms with van der Waals surface area (Å²) < 4.78 is 0. The van der Waals surface area contributed by atoms with Crippen LogP contribution in [0.15, 0.2) is 65.8 Å². The number of nitrogens with one attached hydrogen (secondary N) is 1. The van der Waals surface area contributed by atoms with Crippen LogP contribution in [0.3, 0.4) is 0 Å². The van der Waals surface area contributed by atoms with Gasteiger partial charge in [-0.15, -0.1) is 0 Å². The molecule has 1 aliphatic carbocycles. The maximum atomic E-state index is 12.0. The van der Waals surface area contributed by atoms with Crippen molar-refractivity contribution < 1.29 is 4.79 Å². The van der Waals surface area contributed by atoms with Gasteiger partial charge in [0.15, 0.2) is 0 Å². The van der Waals surface area contributed by atoms with Crippen molar-refractivity contribution in [3.63, 3.8) is 0 Å². The molecule has 2 aromatic carbocycles. The quantitative estimate of drug-likeness (QED) is 0.676. The molecule has 0 aliphatic heterocycles. The van der Waals surface area contributed by atoms with E-state index < -0.39 is 0 Å². The first-order valence-electron chi connectivity index (χ1n) is 7.33. The van der Waals surface area contributed by atoms with Crippen molar-refractivity contribution in [2.75, 3.05) is 0 Å². The molecule has 0 bridgehead atoms. The van der Waals surface area contributed by atoms with Gasteiger partial charge in [-0.3, -0.25) is 4.79 Å². The standard InChI is InChI=1S/C18H18N2O/c21-18(16-12-7-13-16)20-19-17(14-8-3-1-4-9-14)15-10-5-2-6-11-15/h1-6,8-11,16H,7,12-13H2,(H,20,21). The third-order valence-corrected chi connectivity index (χ3v) is 3.85. The van der Waals surface area contributed by atoms with Crippen molar-refractivity contribution in [3.8, 4) is 0 Å². The van der Waals surface area contributed by atoms with Gasteiger partial charge in [0.1, 0.15) is 0 Å². The van der Waals surface area contributed by atoms with Crippen molar-refractivity contribution in [3.05, 3.63) is 71.8 Å². The second kappa shape index (κ2) is 6.35. The highest BCUT2D eigenvalue weighted by molar-refractivity contribution is 6.13. The Morgan fingerprint density at radius 1 is 0.905 bits per heavy atom. The molecule has 1 aliphatic rings.